The Morgan fingerprint density at radius 3 is 0.873 bits per heavy atom. The zero-order valence-corrected chi connectivity index (χ0v) is 68.4. The average Bonchev–Trinajstić information content (AvgIpc) is 0.916. The Morgan fingerprint density at radius 2 is 0.578 bits per heavy atom. The number of rotatable bonds is 79. The lowest BCUT2D eigenvalue weighted by atomic mass is 9.99. The summed E-state index contributed by atoms with van der Waals surface area (Å²) < 4.78 is 68.7. The van der Waals surface area contributed by atoms with Crippen LogP contribution in [0.3, 0.4) is 0 Å². The minimum absolute atomic E-state index is 0.100. The number of carbonyl (C=O) groups excluding carboxylic acids is 4. The third kappa shape index (κ3) is 74.4. The standard InChI is InChI=1S/C83H158O17P2/c1-8-10-11-12-13-14-15-16-21-27-32-37-42-50-57-64-80(85)93-70-78(99-82(87)67-60-53-44-39-34-29-24-25-30-35-40-47-54-61-74(3)4)72-97-101(89,90)95-68-77(84)69-96-102(91,92)98-73-79(71-94-81(86)65-58-51-46-45-48-55-62-75(5)6)100-83(88)66-59-52-43-38-33-28-23-20-18-17-19-22-26-31-36-41-49-56-63-76(7)9-2/h14-16,21,74-79,84H,8-13,17-20,22-73H2,1-7H3,(H,89,90)(H,91,92)/b15-14-,21-16-/t76?,77-,78-,79-/m1/s1. The van der Waals surface area contributed by atoms with E-state index in [0.717, 1.165) is 127 Å². The van der Waals surface area contributed by atoms with Crippen molar-refractivity contribution in [2.24, 2.45) is 17.8 Å². The molecule has 0 saturated carbocycles. The lowest BCUT2D eigenvalue weighted by Crippen LogP contribution is -2.30. The number of hydrogen-bond acceptors (Lipinski definition) is 15. The second-order valence-corrected chi connectivity index (χ2v) is 33.3. The maximum Gasteiger partial charge on any atom is 0.472 e. The fourth-order valence-electron chi connectivity index (χ4n) is 12.3. The topological polar surface area (TPSA) is 237 Å². The van der Waals surface area contributed by atoms with Gasteiger partial charge in [0.2, 0.25) is 0 Å². The zero-order chi connectivity index (χ0) is 75.1. The second kappa shape index (κ2) is 72.7. The third-order valence-electron chi connectivity index (χ3n) is 19.1. The Morgan fingerprint density at radius 1 is 0.324 bits per heavy atom. The molecule has 0 spiro atoms. The van der Waals surface area contributed by atoms with Gasteiger partial charge in [0.25, 0.3) is 0 Å². The van der Waals surface area contributed by atoms with Crippen LogP contribution >= 0.6 is 15.6 Å². The molecule has 0 aliphatic carbocycles. The number of ether oxygens (including phenoxy) is 4. The van der Waals surface area contributed by atoms with Gasteiger partial charge in [-0.25, -0.2) is 9.13 Å². The summed E-state index contributed by atoms with van der Waals surface area (Å²) in [5.41, 5.74) is 0. The molecule has 0 aliphatic rings. The second-order valence-electron chi connectivity index (χ2n) is 30.4. The molecule has 17 nitrogen and oxygen atoms in total. The van der Waals surface area contributed by atoms with Gasteiger partial charge in [-0.05, 0) is 69.1 Å². The average molecular weight is 1490 g/mol. The van der Waals surface area contributed by atoms with Crippen LogP contribution in [0.5, 0.6) is 0 Å². The molecule has 3 N–H and O–H groups in total. The highest BCUT2D eigenvalue weighted by Crippen LogP contribution is 2.45. The van der Waals surface area contributed by atoms with E-state index in [1.165, 1.54) is 193 Å². The van der Waals surface area contributed by atoms with Crippen molar-refractivity contribution in [1.29, 1.82) is 0 Å². The third-order valence-corrected chi connectivity index (χ3v) is 21.0. The SMILES string of the molecule is CCCCCC/C=C\C=C/CCCCCCCC(=O)OC[C@H](COP(=O)(O)OC[C@@H](O)COP(=O)(O)OC[C@@H](COC(=O)CCCCCCCCC(C)C)OC(=O)CCCCCCCCCCCCCCCCCCCCC(C)CC)OC(=O)CCCCCCCCCCCCCCCC(C)C. The number of phosphoric ester groups is 2. The van der Waals surface area contributed by atoms with Crippen molar-refractivity contribution in [3.8, 4) is 0 Å². The Kier molecular flexibility index (Phi) is 71.0. The first-order chi connectivity index (χ1) is 49.3. The number of unbranched alkanes of at least 4 members (excludes halogenated alkanes) is 43. The number of allylic oxidation sites excluding steroid dienone is 4. The quantitative estimate of drug-likeness (QED) is 0.0169. The first-order valence-electron chi connectivity index (χ1n) is 42.2. The Balaban J connectivity index is 5.21. The van der Waals surface area contributed by atoms with Gasteiger partial charge in [0, 0.05) is 25.7 Å². The van der Waals surface area contributed by atoms with Gasteiger partial charge in [-0.1, -0.05) is 355 Å². The molecule has 0 heterocycles. The Labute approximate surface area is 624 Å². The molecule has 0 amide bonds. The predicted molar refractivity (Wildman–Crippen MR) is 418 cm³/mol. The van der Waals surface area contributed by atoms with E-state index in [0.29, 0.717) is 31.6 Å². The highest BCUT2D eigenvalue weighted by molar-refractivity contribution is 7.47. The molecule has 0 saturated heterocycles. The molecule has 0 rings (SSSR count). The van der Waals surface area contributed by atoms with Crippen molar-refractivity contribution < 1.29 is 80.2 Å². The van der Waals surface area contributed by atoms with Crippen LogP contribution < -0.4 is 0 Å². The number of hydrogen-bond donors (Lipinski definition) is 3. The van der Waals surface area contributed by atoms with Gasteiger partial charge < -0.3 is 33.8 Å². The van der Waals surface area contributed by atoms with Crippen molar-refractivity contribution in [3.63, 3.8) is 0 Å². The van der Waals surface area contributed by atoms with Gasteiger partial charge in [-0.2, -0.15) is 0 Å². The van der Waals surface area contributed by atoms with Crippen LogP contribution in [0.25, 0.3) is 0 Å². The normalized spacial score (nSPS) is 14.4. The van der Waals surface area contributed by atoms with Crippen molar-refractivity contribution in [2.45, 2.75) is 426 Å². The number of aliphatic hydroxyl groups excluding tert-OH is 1. The molecule has 19 heteroatoms. The van der Waals surface area contributed by atoms with Gasteiger partial charge in [-0.3, -0.25) is 37.3 Å². The smallest absolute Gasteiger partial charge is 0.462 e. The Hall–Kier alpha value is -2.46. The van der Waals surface area contributed by atoms with E-state index in [1.807, 2.05) is 0 Å². The van der Waals surface area contributed by atoms with Gasteiger partial charge in [-0.15, -0.1) is 0 Å². The Bertz CT molecular complexity index is 2070. The lowest BCUT2D eigenvalue weighted by Gasteiger charge is -2.21. The maximum atomic E-state index is 13.1. The largest absolute Gasteiger partial charge is 0.472 e. The van der Waals surface area contributed by atoms with E-state index in [4.69, 9.17) is 37.0 Å². The minimum Gasteiger partial charge on any atom is -0.462 e. The minimum atomic E-state index is -4.97. The van der Waals surface area contributed by atoms with Crippen LogP contribution in [-0.4, -0.2) is 96.7 Å². The van der Waals surface area contributed by atoms with E-state index in [2.05, 4.69) is 72.8 Å². The summed E-state index contributed by atoms with van der Waals surface area (Å²) in [5, 5.41) is 10.6. The van der Waals surface area contributed by atoms with E-state index < -0.39 is 97.5 Å². The number of phosphoric acid groups is 2. The maximum absolute atomic E-state index is 13.1. The van der Waals surface area contributed by atoms with Gasteiger partial charge in [0.15, 0.2) is 12.2 Å². The molecule has 0 radical (unpaired) electrons. The summed E-state index contributed by atoms with van der Waals surface area (Å²) >= 11 is 0. The van der Waals surface area contributed by atoms with Crippen molar-refractivity contribution in [1.82, 2.24) is 0 Å². The summed E-state index contributed by atoms with van der Waals surface area (Å²) in [6, 6.07) is 0. The molecule has 3 unspecified atom stereocenters. The summed E-state index contributed by atoms with van der Waals surface area (Å²) in [4.78, 5) is 73.0. The molecule has 0 fully saturated rings. The zero-order valence-electron chi connectivity index (χ0n) is 66.6. The molecular weight excluding hydrogens is 1330 g/mol. The van der Waals surface area contributed by atoms with E-state index in [-0.39, 0.29) is 25.7 Å². The van der Waals surface area contributed by atoms with Gasteiger partial charge in [0.05, 0.1) is 26.4 Å². The van der Waals surface area contributed by atoms with E-state index in [1.54, 1.807) is 0 Å². The van der Waals surface area contributed by atoms with E-state index >= 15 is 0 Å². The molecule has 0 aromatic heterocycles. The van der Waals surface area contributed by atoms with E-state index in [9.17, 15) is 43.2 Å². The molecule has 0 aromatic rings. The first-order valence-corrected chi connectivity index (χ1v) is 45.2. The van der Waals surface area contributed by atoms with Crippen LogP contribution in [0.2, 0.25) is 0 Å². The molecule has 0 aliphatic heterocycles. The van der Waals surface area contributed by atoms with Crippen LogP contribution in [0, 0.1) is 17.8 Å². The highest BCUT2D eigenvalue weighted by atomic mass is 31.2. The van der Waals surface area contributed by atoms with Crippen LogP contribution in [0.15, 0.2) is 24.3 Å². The van der Waals surface area contributed by atoms with Crippen LogP contribution in [0.1, 0.15) is 408 Å². The fraction of sp³-hybridized carbons (Fsp3) is 0.904. The number of esters is 4. The van der Waals surface area contributed by atoms with Crippen molar-refractivity contribution in [2.75, 3.05) is 39.6 Å². The summed E-state index contributed by atoms with van der Waals surface area (Å²) in [5.74, 6) is 0.190. The molecule has 602 valence electrons. The van der Waals surface area contributed by atoms with Crippen molar-refractivity contribution in [3.05, 3.63) is 24.3 Å². The summed E-state index contributed by atoms with van der Waals surface area (Å²) in [7, 11) is -9.93. The molecule has 102 heavy (non-hydrogen) atoms. The number of carbonyl (C=O) groups is 4. The van der Waals surface area contributed by atoms with Crippen molar-refractivity contribution >= 4 is 39.5 Å². The first kappa shape index (κ1) is 99.5. The lowest BCUT2D eigenvalue weighted by molar-refractivity contribution is -0.161. The monoisotopic (exact) mass is 1490 g/mol. The number of aliphatic hydroxyl groups is 1. The molecular formula is C83H158O17P2. The fourth-order valence-corrected chi connectivity index (χ4v) is 13.8. The molecule has 6 atom stereocenters. The molecule has 0 bridgehead atoms. The van der Waals surface area contributed by atoms with Gasteiger partial charge >= 0.3 is 39.5 Å². The van der Waals surface area contributed by atoms with Crippen LogP contribution in [-0.2, 0) is 65.4 Å². The highest BCUT2D eigenvalue weighted by Gasteiger charge is 2.30. The van der Waals surface area contributed by atoms with Gasteiger partial charge in [0.1, 0.15) is 19.3 Å². The summed E-state index contributed by atoms with van der Waals surface area (Å²) in [6.45, 7) is 11.9. The molecule has 0 aromatic carbocycles. The van der Waals surface area contributed by atoms with Crippen LogP contribution in [0.4, 0.5) is 0 Å². The predicted octanol–water partition coefficient (Wildman–Crippen LogP) is 24.5. The summed E-state index contributed by atoms with van der Waals surface area (Å²) in [6.07, 6.45) is 64.8.